The lowest BCUT2D eigenvalue weighted by atomic mass is 10.1. The first-order chi connectivity index (χ1) is 12.2. The van der Waals surface area contributed by atoms with E-state index in [9.17, 15) is 21.6 Å². The van der Waals surface area contributed by atoms with Crippen molar-refractivity contribution in [1.82, 2.24) is 9.89 Å². The number of aromatic nitrogens is 2. The molecule has 0 unspecified atom stereocenters. The first-order valence-corrected chi connectivity index (χ1v) is 8.98. The monoisotopic (exact) mass is 381 g/mol. The van der Waals surface area contributed by atoms with E-state index in [0.717, 1.165) is 0 Å². The number of nitrogens with one attached hydrogen (secondary N) is 1. The molecular weight excluding hydrogens is 367 g/mol. The molecule has 2 aromatic carbocycles. The van der Waals surface area contributed by atoms with Crippen molar-refractivity contribution in [2.75, 3.05) is 4.83 Å². The van der Waals surface area contributed by atoms with E-state index >= 15 is 0 Å². The summed E-state index contributed by atoms with van der Waals surface area (Å²) < 4.78 is 64.8. The number of halogens is 3. The van der Waals surface area contributed by atoms with Gasteiger partial charge < -0.3 is 0 Å². The van der Waals surface area contributed by atoms with E-state index in [0.29, 0.717) is 10.4 Å². The second-order valence-electron chi connectivity index (χ2n) is 5.51. The second-order valence-corrected chi connectivity index (χ2v) is 7.17. The Morgan fingerprint density at radius 1 is 0.962 bits per heavy atom. The SMILES string of the molecule is Cc1c(C(F)(F)F)nn(NS(=O)(=O)c2ccccc2)c1-c1ccccc1. The highest BCUT2D eigenvalue weighted by Gasteiger charge is 2.38. The first kappa shape index (κ1) is 18.0. The van der Waals surface area contributed by atoms with Crippen LogP contribution in [0.15, 0.2) is 65.6 Å². The van der Waals surface area contributed by atoms with Gasteiger partial charge in [0.25, 0.3) is 10.0 Å². The van der Waals surface area contributed by atoms with Crippen molar-refractivity contribution >= 4 is 10.0 Å². The van der Waals surface area contributed by atoms with Crippen molar-refractivity contribution < 1.29 is 21.6 Å². The minimum absolute atomic E-state index is 0.0254. The highest BCUT2D eigenvalue weighted by Crippen LogP contribution is 2.35. The fraction of sp³-hybridized carbons (Fsp3) is 0.118. The maximum atomic E-state index is 13.3. The van der Waals surface area contributed by atoms with Crippen LogP contribution in [0.1, 0.15) is 11.3 Å². The second kappa shape index (κ2) is 6.49. The number of sulfonamides is 1. The van der Waals surface area contributed by atoms with Crippen LogP contribution in [0.3, 0.4) is 0 Å². The van der Waals surface area contributed by atoms with Crippen molar-refractivity contribution in [1.29, 1.82) is 0 Å². The first-order valence-electron chi connectivity index (χ1n) is 7.50. The minimum Gasteiger partial charge on any atom is -0.200 e. The quantitative estimate of drug-likeness (QED) is 0.748. The van der Waals surface area contributed by atoms with Crippen LogP contribution in [0, 0.1) is 6.92 Å². The van der Waals surface area contributed by atoms with E-state index < -0.39 is 21.9 Å². The average Bonchev–Trinajstić information content (AvgIpc) is 2.92. The van der Waals surface area contributed by atoms with E-state index in [1.54, 1.807) is 36.4 Å². The molecule has 0 spiro atoms. The molecule has 0 atom stereocenters. The van der Waals surface area contributed by atoms with Gasteiger partial charge in [0.05, 0.1) is 10.6 Å². The Hall–Kier alpha value is -2.81. The van der Waals surface area contributed by atoms with Gasteiger partial charge in [0.15, 0.2) is 5.69 Å². The minimum atomic E-state index is -4.71. The van der Waals surface area contributed by atoms with Gasteiger partial charge in [-0.2, -0.15) is 31.2 Å². The Balaban J connectivity index is 2.15. The largest absolute Gasteiger partial charge is 0.435 e. The highest BCUT2D eigenvalue weighted by atomic mass is 32.2. The third-order valence-corrected chi connectivity index (χ3v) is 5.00. The zero-order valence-corrected chi connectivity index (χ0v) is 14.3. The molecule has 136 valence electrons. The number of nitrogens with zero attached hydrogens (tertiary/aromatic N) is 2. The molecule has 0 saturated heterocycles. The van der Waals surface area contributed by atoms with Crippen LogP contribution in [0.4, 0.5) is 13.2 Å². The van der Waals surface area contributed by atoms with Gasteiger partial charge >= 0.3 is 6.18 Å². The molecule has 0 aliphatic heterocycles. The summed E-state index contributed by atoms with van der Waals surface area (Å²) in [7, 11) is -4.11. The van der Waals surface area contributed by atoms with E-state index in [1.807, 2.05) is 0 Å². The molecule has 0 saturated carbocycles. The van der Waals surface area contributed by atoms with Gasteiger partial charge in [0, 0.05) is 11.1 Å². The van der Waals surface area contributed by atoms with Crippen molar-refractivity contribution in [2.45, 2.75) is 18.0 Å². The summed E-state index contributed by atoms with van der Waals surface area (Å²) in [6.07, 6.45) is -4.71. The molecule has 0 radical (unpaired) electrons. The summed E-state index contributed by atoms with van der Waals surface area (Å²) in [6.45, 7) is 1.26. The van der Waals surface area contributed by atoms with Crippen LogP contribution < -0.4 is 4.83 Å². The topological polar surface area (TPSA) is 64.0 Å². The van der Waals surface area contributed by atoms with Crippen LogP contribution in [0.2, 0.25) is 0 Å². The maximum Gasteiger partial charge on any atom is 0.435 e. The standard InChI is InChI=1S/C17H14F3N3O2S/c1-12-15(13-8-4-2-5-9-13)23(21-16(12)17(18,19)20)22-26(24,25)14-10-6-3-7-11-14/h2-11,22H,1H3. The summed E-state index contributed by atoms with van der Waals surface area (Å²) in [5, 5.41) is 3.47. The fourth-order valence-electron chi connectivity index (χ4n) is 2.53. The molecule has 0 aliphatic rings. The molecule has 3 aromatic rings. The maximum absolute atomic E-state index is 13.3. The Labute approximate surface area is 148 Å². The Morgan fingerprint density at radius 3 is 2.04 bits per heavy atom. The third-order valence-electron chi connectivity index (χ3n) is 3.70. The molecule has 1 N–H and O–H groups in total. The summed E-state index contributed by atoms with van der Waals surface area (Å²) in [5.41, 5.74) is -0.882. The number of rotatable bonds is 4. The Bertz CT molecular complexity index is 1010. The zero-order chi connectivity index (χ0) is 18.9. The number of hydrogen-bond donors (Lipinski definition) is 1. The lowest BCUT2D eigenvalue weighted by Crippen LogP contribution is -2.25. The predicted molar refractivity (Wildman–Crippen MR) is 90.4 cm³/mol. The van der Waals surface area contributed by atoms with Gasteiger partial charge in [0.1, 0.15) is 0 Å². The van der Waals surface area contributed by atoms with Crippen LogP contribution >= 0.6 is 0 Å². The van der Waals surface area contributed by atoms with Crippen molar-refractivity contribution in [3.8, 4) is 11.3 Å². The molecule has 1 heterocycles. The van der Waals surface area contributed by atoms with Crippen LogP contribution in [-0.4, -0.2) is 18.3 Å². The van der Waals surface area contributed by atoms with Crippen LogP contribution in [0.25, 0.3) is 11.3 Å². The molecule has 1 aromatic heterocycles. The van der Waals surface area contributed by atoms with E-state index in [1.165, 1.54) is 31.2 Å². The highest BCUT2D eigenvalue weighted by molar-refractivity contribution is 7.92. The summed E-state index contributed by atoms with van der Waals surface area (Å²) in [4.78, 5) is 2.69. The lowest BCUT2D eigenvalue weighted by molar-refractivity contribution is -0.141. The molecule has 3 rings (SSSR count). The molecular formula is C17H14F3N3O2S. The van der Waals surface area contributed by atoms with Gasteiger partial charge in [-0.1, -0.05) is 48.5 Å². The van der Waals surface area contributed by atoms with E-state index in [4.69, 9.17) is 0 Å². The predicted octanol–water partition coefficient (Wildman–Crippen LogP) is 3.81. The normalized spacial score (nSPS) is 12.2. The summed E-state index contributed by atoms with van der Waals surface area (Å²) >= 11 is 0. The Morgan fingerprint density at radius 2 is 1.50 bits per heavy atom. The van der Waals surface area contributed by atoms with Gasteiger partial charge in [-0.3, -0.25) is 0 Å². The van der Waals surface area contributed by atoms with Gasteiger partial charge in [-0.15, -0.1) is 5.10 Å². The molecule has 9 heteroatoms. The van der Waals surface area contributed by atoms with Crippen molar-refractivity contribution in [2.24, 2.45) is 0 Å². The third kappa shape index (κ3) is 3.43. The Kier molecular flexibility index (Phi) is 4.49. The van der Waals surface area contributed by atoms with E-state index in [-0.39, 0.29) is 16.2 Å². The molecule has 26 heavy (non-hydrogen) atoms. The van der Waals surface area contributed by atoms with E-state index in [2.05, 4.69) is 9.93 Å². The number of benzene rings is 2. The molecule has 0 amide bonds. The van der Waals surface area contributed by atoms with Crippen LogP contribution in [-0.2, 0) is 16.2 Å². The summed E-state index contributed by atoms with van der Waals surface area (Å²) in [6, 6.07) is 15.5. The molecule has 5 nitrogen and oxygen atoms in total. The van der Waals surface area contributed by atoms with Crippen LogP contribution in [0.5, 0.6) is 0 Å². The fourth-order valence-corrected chi connectivity index (χ4v) is 3.51. The molecule has 0 fully saturated rings. The van der Waals surface area contributed by atoms with Crippen molar-refractivity contribution in [3.63, 3.8) is 0 Å². The van der Waals surface area contributed by atoms with Gasteiger partial charge in [-0.05, 0) is 19.1 Å². The average molecular weight is 381 g/mol. The zero-order valence-electron chi connectivity index (χ0n) is 13.5. The van der Waals surface area contributed by atoms with Gasteiger partial charge in [0.2, 0.25) is 0 Å². The van der Waals surface area contributed by atoms with Gasteiger partial charge in [-0.25, -0.2) is 0 Å². The lowest BCUT2D eigenvalue weighted by Gasteiger charge is -2.11. The molecule has 0 aliphatic carbocycles. The summed E-state index contributed by atoms with van der Waals surface area (Å²) in [5.74, 6) is 0. The smallest absolute Gasteiger partial charge is 0.200 e. The molecule has 0 bridgehead atoms. The number of hydrogen-bond acceptors (Lipinski definition) is 3. The number of alkyl halides is 3. The van der Waals surface area contributed by atoms with Crippen molar-refractivity contribution in [3.05, 3.63) is 71.9 Å².